The molecule has 1 aliphatic rings. The van der Waals surface area contributed by atoms with Crippen LogP contribution >= 0.6 is 0 Å². The largest absolute Gasteiger partial charge is 0.481 e. The van der Waals surface area contributed by atoms with Crippen LogP contribution in [0.15, 0.2) is 0 Å². The molecule has 0 saturated carbocycles. The molecule has 0 aromatic rings. The fraction of sp³-hybridized carbons (Fsp3) is 0.889. The number of aliphatic hydroxyl groups excluding tert-OH is 1. The normalized spacial score (nSPS) is 21.3. The van der Waals surface area contributed by atoms with Crippen molar-refractivity contribution in [1.29, 1.82) is 0 Å². The smallest absolute Gasteiger partial charge is 0.305 e. The Balaban J connectivity index is 2.40. The molecule has 1 rings (SSSR count). The Morgan fingerprint density at radius 1 is 1.64 bits per heavy atom. The van der Waals surface area contributed by atoms with Crippen molar-refractivity contribution in [2.75, 3.05) is 19.7 Å². The van der Waals surface area contributed by atoms with Crippen molar-refractivity contribution < 1.29 is 15.0 Å². The summed E-state index contributed by atoms with van der Waals surface area (Å²) in [5.41, 5.74) is -0.305. The second-order valence-corrected chi connectivity index (χ2v) is 4.01. The van der Waals surface area contributed by atoms with Gasteiger partial charge in [-0.15, -0.1) is 0 Å². The quantitative estimate of drug-likeness (QED) is 0.452. The maximum absolute atomic E-state index is 10.6. The molecule has 5 heteroatoms. The highest BCUT2D eigenvalue weighted by Gasteiger charge is 2.39. The van der Waals surface area contributed by atoms with Crippen LogP contribution in [-0.2, 0) is 4.79 Å². The minimum absolute atomic E-state index is 0.130. The predicted octanol–water partition coefficient (Wildman–Crippen LogP) is -0.836. The van der Waals surface area contributed by atoms with Crippen LogP contribution < -0.4 is 10.6 Å². The molecule has 1 fully saturated rings. The van der Waals surface area contributed by atoms with Gasteiger partial charge in [0.05, 0.1) is 12.0 Å². The van der Waals surface area contributed by atoms with E-state index >= 15 is 0 Å². The number of hydrogen-bond donors (Lipinski definition) is 4. The Bertz CT molecular complexity index is 204. The van der Waals surface area contributed by atoms with Crippen LogP contribution in [0.2, 0.25) is 0 Å². The third kappa shape index (κ3) is 2.94. The summed E-state index contributed by atoms with van der Waals surface area (Å²) in [7, 11) is 0. The summed E-state index contributed by atoms with van der Waals surface area (Å²) >= 11 is 0. The Kier molecular flexibility index (Phi) is 3.86. The molecule has 1 atom stereocenters. The van der Waals surface area contributed by atoms with Crippen molar-refractivity contribution in [3.8, 4) is 0 Å². The average molecular weight is 202 g/mol. The van der Waals surface area contributed by atoms with Crippen molar-refractivity contribution in [3.63, 3.8) is 0 Å². The van der Waals surface area contributed by atoms with Crippen LogP contribution in [-0.4, -0.2) is 47.5 Å². The van der Waals surface area contributed by atoms with Crippen molar-refractivity contribution in [2.24, 2.45) is 0 Å². The first-order valence-electron chi connectivity index (χ1n) is 4.89. The van der Waals surface area contributed by atoms with Gasteiger partial charge in [0, 0.05) is 25.7 Å². The molecule has 1 aliphatic heterocycles. The summed E-state index contributed by atoms with van der Waals surface area (Å²) in [6.45, 7) is 3.47. The van der Waals surface area contributed by atoms with Crippen molar-refractivity contribution in [2.45, 2.75) is 31.3 Å². The van der Waals surface area contributed by atoms with Gasteiger partial charge in [-0.1, -0.05) is 0 Å². The van der Waals surface area contributed by atoms with E-state index in [1.54, 1.807) is 0 Å². The summed E-state index contributed by atoms with van der Waals surface area (Å²) in [5.74, 6) is -0.782. The van der Waals surface area contributed by atoms with Gasteiger partial charge in [-0.25, -0.2) is 0 Å². The van der Waals surface area contributed by atoms with Gasteiger partial charge in [-0.3, -0.25) is 4.79 Å². The molecule has 5 nitrogen and oxygen atoms in total. The van der Waals surface area contributed by atoms with E-state index in [2.05, 4.69) is 10.6 Å². The summed E-state index contributed by atoms with van der Waals surface area (Å²) in [5, 5.41) is 23.8. The van der Waals surface area contributed by atoms with E-state index in [0.29, 0.717) is 19.5 Å². The van der Waals surface area contributed by atoms with Crippen LogP contribution in [0.5, 0.6) is 0 Å². The lowest BCUT2D eigenvalue weighted by atomic mass is 9.87. The first-order valence-corrected chi connectivity index (χ1v) is 4.89. The van der Waals surface area contributed by atoms with Crippen LogP contribution in [0.1, 0.15) is 19.8 Å². The Morgan fingerprint density at radius 3 is 2.64 bits per heavy atom. The van der Waals surface area contributed by atoms with Gasteiger partial charge >= 0.3 is 5.97 Å². The van der Waals surface area contributed by atoms with Gasteiger partial charge in [0.2, 0.25) is 0 Å². The van der Waals surface area contributed by atoms with Crippen LogP contribution in [0.4, 0.5) is 0 Å². The number of rotatable bonds is 6. The van der Waals surface area contributed by atoms with Crippen molar-refractivity contribution in [1.82, 2.24) is 10.6 Å². The lowest BCUT2D eigenvalue weighted by Gasteiger charge is -2.44. The maximum atomic E-state index is 10.6. The highest BCUT2D eigenvalue weighted by Crippen LogP contribution is 2.17. The Labute approximate surface area is 83.5 Å². The highest BCUT2D eigenvalue weighted by molar-refractivity contribution is 5.68. The molecule has 4 N–H and O–H groups in total. The van der Waals surface area contributed by atoms with Crippen LogP contribution in [0, 0.1) is 0 Å². The molecule has 0 aromatic carbocycles. The molecule has 0 radical (unpaired) electrons. The number of nitrogens with one attached hydrogen (secondary N) is 2. The molecular weight excluding hydrogens is 184 g/mol. The van der Waals surface area contributed by atoms with Crippen LogP contribution in [0.3, 0.4) is 0 Å². The molecule has 0 amide bonds. The maximum Gasteiger partial charge on any atom is 0.305 e. The lowest BCUT2D eigenvalue weighted by molar-refractivity contribution is -0.139. The topological polar surface area (TPSA) is 81.6 Å². The van der Waals surface area contributed by atoms with E-state index < -0.39 is 5.97 Å². The first-order chi connectivity index (χ1) is 6.58. The number of carboxylic acids is 1. The lowest BCUT2D eigenvalue weighted by Crippen LogP contribution is -2.70. The summed E-state index contributed by atoms with van der Waals surface area (Å²) in [6, 6.07) is 0.154. The number of aliphatic hydroxyl groups is 1. The summed E-state index contributed by atoms with van der Waals surface area (Å²) < 4.78 is 0. The van der Waals surface area contributed by atoms with Gasteiger partial charge in [0.25, 0.3) is 0 Å². The molecule has 1 unspecified atom stereocenters. The monoisotopic (exact) mass is 202 g/mol. The van der Waals surface area contributed by atoms with E-state index in [0.717, 1.165) is 0 Å². The van der Waals surface area contributed by atoms with Gasteiger partial charge in [0.1, 0.15) is 0 Å². The third-order valence-corrected chi connectivity index (χ3v) is 2.53. The molecule has 1 heterocycles. The number of hydrogen-bond acceptors (Lipinski definition) is 4. The third-order valence-electron chi connectivity index (χ3n) is 2.53. The second-order valence-electron chi connectivity index (χ2n) is 4.01. The van der Waals surface area contributed by atoms with E-state index in [9.17, 15) is 4.79 Å². The van der Waals surface area contributed by atoms with Gasteiger partial charge in [-0.2, -0.15) is 0 Å². The average Bonchev–Trinajstić information content (AvgIpc) is 1.99. The van der Waals surface area contributed by atoms with Gasteiger partial charge in [0.15, 0.2) is 0 Å². The summed E-state index contributed by atoms with van der Waals surface area (Å²) in [6.07, 6.45) is 0.789. The molecule has 14 heavy (non-hydrogen) atoms. The van der Waals surface area contributed by atoms with Crippen molar-refractivity contribution >= 4 is 5.97 Å². The van der Waals surface area contributed by atoms with Gasteiger partial charge in [-0.05, 0) is 13.3 Å². The zero-order valence-corrected chi connectivity index (χ0v) is 8.42. The highest BCUT2D eigenvalue weighted by atomic mass is 16.4. The molecule has 0 aromatic heterocycles. The van der Waals surface area contributed by atoms with Crippen LogP contribution in [0.25, 0.3) is 0 Å². The number of aliphatic carboxylic acids is 1. The van der Waals surface area contributed by atoms with E-state index in [1.807, 2.05) is 6.92 Å². The van der Waals surface area contributed by atoms with E-state index in [1.165, 1.54) is 0 Å². The molecule has 82 valence electrons. The SMILES string of the molecule is CC(CCO)NC1(CC(=O)O)CNC1. The minimum Gasteiger partial charge on any atom is -0.481 e. The molecule has 0 aliphatic carbocycles. The molecule has 0 spiro atoms. The summed E-state index contributed by atoms with van der Waals surface area (Å²) in [4.78, 5) is 10.6. The predicted molar refractivity (Wildman–Crippen MR) is 52.2 cm³/mol. The number of carbonyl (C=O) groups is 1. The molecular formula is C9H18N2O3. The fourth-order valence-corrected chi connectivity index (χ4v) is 1.78. The van der Waals surface area contributed by atoms with E-state index in [4.69, 9.17) is 10.2 Å². The first kappa shape index (κ1) is 11.4. The standard InChI is InChI=1S/C9H18N2O3/c1-7(2-3-12)11-9(4-8(13)14)5-10-6-9/h7,10-12H,2-6H2,1H3,(H,13,14). The zero-order chi connectivity index (χ0) is 10.6. The van der Waals surface area contributed by atoms with Crippen molar-refractivity contribution in [3.05, 3.63) is 0 Å². The minimum atomic E-state index is -0.782. The van der Waals surface area contributed by atoms with E-state index in [-0.39, 0.29) is 24.6 Å². The fourth-order valence-electron chi connectivity index (χ4n) is 1.78. The zero-order valence-electron chi connectivity index (χ0n) is 8.42. The Morgan fingerprint density at radius 2 is 2.29 bits per heavy atom. The Hall–Kier alpha value is -0.650. The number of carboxylic acid groups (broad SMARTS) is 1. The van der Waals surface area contributed by atoms with Gasteiger partial charge < -0.3 is 20.8 Å². The molecule has 1 saturated heterocycles. The second kappa shape index (κ2) is 4.72. The molecule has 0 bridgehead atoms.